The van der Waals surface area contributed by atoms with Gasteiger partial charge in [0.2, 0.25) is 0 Å². The van der Waals surface area contributed by atoms with Gasteiger partial charge in [0.15, 0.2) is 11.6 Å². The van der Waals surface area contributed by atoms with E-state index in [2.05, 4.69) is 5.43 Å². The zero-order valence-corrected chi connectivity index (χ0v) is 9.96. The fourth-order valence-corrected chi connectivity index (χ4v) is 1.99. The first kappa shape index (κ1) is 13.0. The third-order valence-electron chi connectivity index (χ3n) is 2.96. The maximum Gasteiger partial charge on any atom is 0.162 e. The number of halogens is 2. The van der Waals surface area contributed by atoms with Crippen molar-refractivity contribution in [2.45, 2.75) is 25.3 Å². The Balaban J connectivity index is 2.15. The quantitative estimate of drug-likeness (QED) is 0.638. The molecule has 0 saturated carbocycles. The number of ether oxygens (including phenoxy) is 1. The summed E-state index contributed by atoms with van der Waals surface area (Å²) in [6, 6.07) is 3.80. The molecule has 98 valence electrons. The van der Waals surface area contributed by atoms with Gasteiger partial charge in [-0.25, -0.2) is 14.2 Å². The summed E-state index contributed by atoms with van der Waals surface area (Å²) in [5, 5.41) is 0. The van der Waals surface area contributed by atoms with Crippen LogP contribution in [0.2, 0.25) is 0 Å². The second-order valence-corrected chi connectivity index (χ2v) is 4.23. The highest BCUT2D eigenvalue weighted by Crippen LogP contribution is 2.19. The third kappa shape index (κ3) is 2.86. The van der Waals surface area contributed by atoms with Crippen molar-refractivity contribution in [3.8, 4) is 0 Å². The Hall–Kier alpha value is -1.46. The van der Waals surface area contributed by atoms with Crippen LogP contribution in [0.25, 0.3) is 0 Å². The van der Waals surface area contributed by atoms with E-state index in [1.807, 2.05) is 6.08 Å². The maximum absolute atomic E-state index is 13.6. The van der Waals surface area contributed by atoms with Gasteiger partial charge >= 0.3 is 0 Å². The minimum absolute atomic E-state index is 0.256. The number of hydrogen-bond donors (Lipinski definition) is 2. The Morgan fingerprint density at radius 1 is 1.39 bits per heavy atom. The van der Waals surface area contributed by atoms with Gasteiger partial charge in [-0.05, 0) is 37.0 Å². The fraction of sp³-hybridized carbons (Fsp3) is 0.385. The number of hydrazine groups is 1. The summed E-state index contributed by atoms with van der Waals surface area (Å²) in [5.41, 5.74) is 2.87. The zero-order chi connectivity index (χ0) is 13.0. The van der Waals surface area contributed by atoms with Crippen molar-refractivity contribution in [1.82, 2.24) is 5.43 Å². The molecule has 1 unspecified atom stereocenters. The molecule has 1 heterocycles. The minimum atomic E-state index is -0.846. The second-order valence-electron chi connectivity index (χ2n) is 4.23. The summed E-state index contributed by atoms with van der Waals surface area (Å²) in [6.45, 7) is 0.635. The molecule has 1 aromatic carbocycles. The number of benzene rings is 1. The molecule has 2 rings (SSSR count). The van der Waals surface area contributed by atoms with E-state index in [1.54, 1.807) is 6.07 Å². The van der Waals surface area contributed by atoms with Crippen molar-refractivity contribution < 1.29 is 13.5 Å². The second kappa shape index (κ2) is 5.93. The molecule has 3 N–H and O–H groups in total. The average Bonchev–Trinajstić information content (AvgIpc) is 2.41. The van der Waals surface area contributed by atoms with E-state index in [4.69, 9.17) is 10.6 Å². The topological polar surface area (TPSA) is 47.3 Å². The lowest BCUT2D eigenvalue weighted by molar-refractivity contribution is 0.167. The lowest BCUT2D eigenvalue weighted by atomic mass is 10.0. The highest BCUT2D eigenvalue weighted by molar-refractivity contribution is 5.22. The molecule has 0 aromatic heterocycles. The van der Waals surface area contributed by atoms with Gasteiger partial charge in [-0.3, -0.25) is 5.84 Å². The Kier molecular flexibility index (Phi) is 4.28. The Bertz CT molecular complexity index is 449. The molecule has 1 aliphatic rings. The fourth-order valence-electron chi connectivity index (χ4n) is 1.99. The van der Waals surface area contributed by atoms with Crippen LogP contribution in [0.4, 0.5) is 8.78 Å². The molecule has 18 heavy (non-hydrogen) atoms. The highest BCUT2D eigenvalue weighted by Gasteiger charge is 2.19. The van der Waals surface area contributed by atoms with Gasteiger partial charge in [0.05, 0.1) is 12.6 Å². The molecule has 3 nitrogen and oxygen atoms in total. The van der Waals surface area contributed by atoms with Crippen molar-refractivity contribution in [2.75, 3.05) is 6.61 Å². The van der Waals surface area contributed by atoms with Gasteiger partial charge in [0.1, 0.15) is 5.76 Å². The van der Waals surface area contributed by atoms with Gasteiger partial charge in [-0.1, -0.05) is 12.1 Å². The summed E-state index contributed by atoms with van der Waals surface area (Å²) in [5.74, 6) is 4.48. The molecular formula is C13H16F2N2O. The minimum Gasteiger partial charge on any atom is -0.497 e. The Labute approximate surface area is 105 Å². The molecule has 1 aliphatic heterocycles. The largest absolute Gasteiger partial charge is 0.497 e. The normalized spacial score (nSPS) is 16.9. The van der Waals surface area contributed by atoms with E-state index >= 15 is 0 Å². The predicted molar refractivity (Wildman–Crippen MR) is 64.4 cm³/mol. The zero-order valence-electron chi connectivity index (χ0n) is 9.96. The van der Waals surface area contributed by atoms with Gasteiger partial charge in [0.25, 0.3) is 0 Å². The third-order valence-corrected chi connectivity index (χ3v) is 2.96. The summed E-state index contributed by atoms with van der Waals surface area (Å²) in [4.78, 5) is 0. The first-order valence-electron chi connectivity index (χ1n) is 5.94. The van der Waals surface area contributed by atoms with Crippen LogP contribution in [-0.4, -0.2) is 12.6 Å². The first-order valence-corrected chi connectivity index (χ1v) is 5.94. The van der Waals surface area contributed by atoms with Crippen LogP contribution in [0.15, 0.2) is 30.0 Å². The van der Waals surface area contributed by atoms with Crippen LogP contribution in [0.1, 0.15) is 18.4 Å². The van der Waals surface area contributed by atoms with Crippen LogP contribution in [0.3, 0.4) is 0 Å². The van der Waals surface area contributed by atoms with Gasteiger partial charge in [-0.15, -0.1) is 0 Å². The molecule has 0 bridgehead atoms. The number of nitrogens with two attached hydrogens (primary N) is 1. The van der Waals surface area contributed by atoms with Crippen molar-refractivity contribution in [2.24, 2.45) is 5.84 Å². The smallest absolute Gasteiger partial charge is 0.162 e. The van der Waals surface area contributed by atoms with E-state index in [1.165, 1.54) is 6.07 Å². The molecule has 0 fully saturated rings. The van der Waals surface area contributed by atoms with Crippen molar-refractivity contribution in [3.63, 3.8) is 0 Å². The van der Waals surface area contributed by atoms with Crippen molar-refractivity contribution in [3.05, 3.63) is 47.2 Å². The molecule has 1 atom stereocenters. The van der Waals surface area contributed by atoms with E-state index < -0.39 is 11.6 Å². The Morgan fingerprint density at radius 3 is 2.89 bits per heavy atom. The number of nitrogens with one attached hydrogen (secondary N) is 1. The monoisotopic (exact) mass is 254 g/mol. The van der Waals surface area contributed by atoms with Crippen molar-refractivity contribution >= 4 is 0 Å². The SMILES string of the molecule is NNC(Cc1cccc(F)c1F)C1=CCCCO1. The van der Waals surface area contributed by atoms with Crippen LogP contribution in [0, 0.1) is 11.6 Å². The van der Waals surface area contributed by atoms with Gasteiger partial charge in [0, 0.05) is 0 Å². The molecule has 0 amide bonds. The summed E-state index contributed by atoms with van der Waals surface area (Å²) in [7, 11) is 0. The van der Waals surface area contributed by atoms with Crippen LogP contribution >= 0.6 is 0 Å². The molecular weight excluding hydrogens is 238 g/mol. The number of hydrogen-bond acceptors (Lipinski definition) is 3. The van der Waals surface area contributed by atoms with Gasteiger partial charge < -0.3 is 4.74 Å². The number of allylic oxidation sites excluding steroid dienone is 1. The molecule has 0 aliphatic carbocycles. The number of rotatable bonds is 4. The summed E-state index contributed by atoms with van der Waals surface area (Å²) < 4.78 is 32.1. The standard InChI is InChI=1S/C13H16F2N2O/c14-10-5-3-4-9(13(10)15)8-11(17-16)12-6-1-2-7-18-12/h3-6,11,17H,1-2,7-8,16H2. The summed E-state index contributed by atoms with van der Waals surface area (Å²) >= 11 is 0. The highest BCUT2D eigenvalue weighted by atomic mass is 19.2. The van der Waals surface area contributed by atoms with E-state index in [-0.39, 0.29) is 18.0 Å². The molecule has 0 radical (unpaired) electrons. The molecule has 0 saturated heterocycles. The van der Waals surface area contributed by atoms with Crippen LogP contribution in [0.5, 0.6) is 0 Å². The molecule has 1 aromatic rings. The first-order chi connectivity index (χ1) is 8.72. The summed E-state index contributed by atoms with van der Waals surface area (Å²) in [6.07, 6.45) is 4.07. The Morgan fingerprint density at radius 2 is 2.22 bits per heavy atom. The van der Waals surface area contributed by atoms with Crippen LogP contribution in [-0.2, 0) is 11.2 Å². The van der Waals surface area contributed by atoms with E-state index in [0.29, 0.717) is 12.4 Å². The maximum atomic E-state index is 13.6. The van der Waals surface area contributed by atoms with E-state index in [0.717, 1.165) is 18.9 Å². The lowest BCUT2D eigenvalue weighted by Gasteiger charge is -2.23. The van der Waals surface area contributed by atoms with E-state index in [9.17, 15) is 8.78 Å². The van der Waals surface area contributed by atoms with Crippen molar-refractivity contribution in [1.29, 1.82) is 0 Å². The van der Waals surface area contributed by atoms with Gasteiger partial charge in [-0.2, -0.15) is 0 Å². The lowest BCUT2D eigenvalue weighted by Crippen LogP contribution is -2.39. The van der Waals surface area contributed by atoms with Crippen LogP contribution < -0.4 is 11.3 Å². The molecule has 0 spiro atoms. The molecule has 5 heteroatoms. The predicted octanol–water partition coefficient (Wildman–Crippen LogP) is 2.03. The average molecular weight is 254 g/mol.